The molecule has 0 unspecified atom stereocenters. The highest BCUT2D eigenvalue weighted by atomic mass is 35.5. The van der Waals surface area contributed by atoms with E-state index in [1.54, 1.807) is 24.1 Å². The number of halogens is 1. The standard InChI is InChI=1S/C10H16ClN3O/c1-10(2,4-5-11)13-9(15)8-6-12-14(3)7-8/h6-7H,4-5H2,1-3H3,(H,13,15). The lowest BCUT2D eigenvalue weighted by molar-refractivity contribution is 0.0911. The largest absolute Gasteiger partial charge is 0.347 e. The number of carbonyl (C=O) groups excluding carboxylic acids is 1. The Kier molecular flexibility index (Phi) is 3.74. The first-order valence-corrected chi connectivity index (χ1v) is 5.35. The third kappa shape index (κ3) is 3.55. The van der Waals surface area contributed by atoms with Crippen LogP contribution in [0.4, 0.5) is 0 Å². The lowest BCUT2D eigenvalue weighted by atomic mass is 10.0. The molecule has 1 N–H and O–H groups in total. The Balaban J connectivity index is 2.63. The molecule has 0 aliphatic heterocycles. The molecule has 0 aromatic carbocycles. The molecule has 0 aliphatic rings. The molecule has 84 valence electrons. The molecule has 1 aromatic heterocycles. The van der Waals surface area contributed by atoms with E-state index in [9.17, 15) is 4.79 Å². The quantitative estimate of drug-likeness (QED) is 0.797. The first-order chi connectivity index (χ1) is 6.94. The van der Waals surface area contributed by atoms with Crippen LogP contribution in [0.1, 0.15) is 30.6 Å². The van der Waals surface area contributed by atoms with Crippen molar-refractivity contribution in [3.63, 3.8) is 0 Å². The Morgan fingerprint density at radius 3 is 2.80 bits per heavy atom. The highest BCUT2D eigenvalue weighted by Crippen LogP contribution is 2.10. The van der Waals surface area contributed by atoms with E-state index < -0.39 is 0 Å². The summed E-state index contributed by atoms with van der Waals surface area (Å²) < 4.78 is 1.60. The van der Waals surface area contributed by atoms with Gasteiger partial charge in [-0.3, -0.25) is 9.48 Å². The Morgan fingerprint density at radius 1 is 1.67 bits per heavy atom. The Labute approximate surface area is 94.6 Å². The van der Waals surface area contributed by atoms with E-state index in [0.29, 0.717) is 11.4 Å². The number of nitrogens with zero attached hydrogens (tertiary/aromatic N) is 2. The minimum Gasteiger partial charge on any atom is -0.347 e. The van der Waals surface area contributed by atoms with Crippen molar-refractivity contribution >= 4 is 17.5 Å². The van der Waals surface area contributed by atoms with Crippen molar-refractivity contribution in [2.75, 3.05) is 5.88 Å². The monoisotopic (exact) mass is 229 g/mol. The first-order valence-electron chi connectivity index (χ1n) is 4.82. The number of aryl methyl sites for hydroxylation is 1. The van der Waals surface area contributed by atoms with Crippen molar-refractivity contribution in [2.45, 2.75) is 25.8 Å². The van der Waals surface area contributed by atoms with Gasteiger partial charge in [0.05, 0.1) is 11.8 Å². The number of aromatic nitrogens is 2. The number of alkyl halides is 1. The van der Waals surface area contributed by atoms with Gasteiger partial charge < -0.3 is 5.32 Å². The van der Waals surface area contributed by atoms with E-state index in [1.807, 2.05) is 13.8 Å². The van der Waals surface area contributed by atoms with Gasteiger partial charge >= 0.3 is 0 Å². The van der Waals surface area contributed by atoms with Gasteiger partial charge in [0.15, 0.2) is 0 Å². The number of carbonyl (C=O) groups is 1. The zero-order chi connectivity index (χ0) is 11.5. The lowest BCUT2D eigenvalue weighted by Crippen LogP contribution is -2.43. The van der Waals surface area contributed by atoms with Crippen molar-refractivity contribution in [1.29, 1.82) is 0 Å². The van der Waals surface area contributed by atoms with Crippen LogP contribution in [0.25, 0.3) is 0 Å². The molecule has 0 aliphatic carbocycles. The van der Waals surface area contributed by atoms with E-state index in [0.717, 1.165) is 6.42 Å². The summed E-state index contributed by atoms with van der Waals surface area (Å²) in [6.07, 6.45) is 3.97. The number of hydrogen-bond donors (Lipinski definition) is 1. The summed E-state index contributed by atoms with van der Waals surface area (Å²) >= 11 is 5.65. The minimum atomic E-state index is -0.283. The summed E-state index contributed by atoms with van der Waals surface area (Å²) in [5, 5.41) is 6.85. The number of nitrogens with one attached hydrogen (secondary N) is 1. The number of amides is 1. The molecule has 15 heavy (non-hydrogen) atoms. The van der Waals surface area contributed by atoms with Crippen LogP contribution in [-0.4, -0.2) is 27.1 Å². The van der Waals surface area contributed by atoms with E-state index in [2.05, 4.69) is 10.4 Å². The van der Waals surface area contributed by atoms with E-state index in [-0.39, 0.29) is 11.4 Å². The molecule has 0 fully saturated rings. The van der Waals surface area contributed by atoms with Crippen LogP contribution < -0.4 is 5.32 Å². The molecule has 1 rings (SSSR count). The van der Waals surface area contributed by atoms with Crippen LogP contribution in [0.15, 0.2) is 12.4 Å². The summed E-state index contributed by atoms with van der Waals surface area (Å²) in [6.45, 7) is 3.90. The lowest BCUT2D eigenvalue weighted by Gasteiger charge is -2.24. The fourth-order valence-electron chi connectivity index (χ4n) is 1.22. The molecule has 1 aromatic rings. The smallest absolute Gasteiger partial charge is 0.254 e. The van der Waals surface area contributed by atoms with Gasteiger partial charge in [0.25, 0.3) is 5.91 Å². The summed E-state index contributed by atoms with van der Waals surface area (Å²) in [7, 11) is 1.78. The van der Waals surface area contributed by atoms with Gasteiger partial charge in [-0.2, -0.15) is 5.10 Å². The Hall–Kier alpha value is -1.03. The highest BCUT2D eigenvalue weighted by molar-refractivity contribution is 6.17. The average molecular weight is 230 g/mol. The third-order valence-electron chi connectivity index (χ3n) is 2.14. The highest BCUT2D eigenvalue weighted by Gasteiger charge is 2.20. The molecule has 4 nitrogen and oxygen atoms in total. The normalized spacial score (nSPS) is 11.5. The van der Waals surface area contributed by atoms with Gasteiger partial charge in [-0.15, -0.1) is 11.6 Å². The maximum absolute atomic E-state index is 11.7. The predicted octanol–water partition coefficient (Wildman–Crippen LogP) is 1.56. The topological polar surface area (TPSA) is 46.9 Å². The first kappa shape index (κ1) is 12.0. The van der Waals surface area contributed by atoms with Gasteiger partial charge in [-0.05, 0) is 20.3 Å². The van der Waals surface area contributed by atoms with Crippen molar-refractivity contribution < 1.29 is 4.79 Å². The van der Waals surface area contributed by atoms with Gasteiger partial charge in [0, 0.05) is 24.7 Å². The molecule has 5 heteroatoms. The fraction of sp³-hybridized carbons (Fsp3) is 0.600. The molecule has 1 heterocycles. The second-order valence-corrected chi connectivity index (χ2v) is 4.56. The molecule has 1 amide bonds. The summed E-state index contributed by atoms with van der Waals surface area (Å²) in [4.78, 5) is 11.7. The van der Waals surface area contributed by atoms with Crippen LogP contribution in [-0.2, 0) is 7.05 Å². The molecule has 0 spiro atoms. The zero-order valence-electron chi connectivity index (χ0n) is 9.25. The van der Waals surface area contributed by atoms with Crippen molar-refractivity contribution in [1.82, 2.24) is 15.1 Å². The maximum Gasteiger partial charge on any atom is 0.254 e. The minimum absolute atomic E-state index is 0.113. The van der Waals surface area contributed by atoms with Crippen LogP contribution in [0.5, 0.6) is 0 Å². The number of hydrogen-bond acceptors (Lipinski definition) is 2. The van der Waals surface area contributed by atoms with E-state index in [4.69, 9.17) is 11.6 Å². The van der Waals surface area contributed by atoms with Crippen LogP contribution in [0.3, 0.4) is 0 Å². The van der Waals surface area contributed by atoms with Crippen LogP contribution >= 0.6 is 11.6 Å². The molecule has 0 radical (unpaired) electrons. The maximum atomic E-state index is 11.7. The van der Waals surface area contributed by atoms with Crippen molar-refractivity contribution in [2.24, 2.45) is 7.05 Å². The van der Waals surface area contributed by atoms with Crippen molar-refractivity contribution in [3.05, 3.63) is 18.0 Å². The molecular weight excluding hydrogens is 214 g/mol. The molecule has 0 bridgehead atoms. The summed E-state index contributed by atoms with van der Waals surface area (Å²) in [5.41, 5.74) is 0.287. The summed E-state index contributed by atoms with van der Waals surface area (Å²) in [5.74, 6) is 0.415. The molecule has 0 atom stereocenters. The second-order valence-electron chi connectivity index (χ2n) is 4.18. The average Bonchev–Trinajstić information content (AvgIpc) is 2.50. The SMILES string of the molecule is Cn1cc(C(=O)NC(C)(C)CCCl)cn1. The van der Waals surface area contributed by atoms with Crippen LogP contribution in [0.2, 0.25) is 0 Å². The predicted molar refractivity (Wildman–Crippen MR) is 60.1 cm³/mol. The second kappa shape index (κ2) is 4.66. The molecule has 0 saturated heterocycles. The van der Waals surface area contributed by atoms with Crippen LogP contribution in [0, 0.1) is 0 Å². The van der Waals surface area contributed by atoms with Crippen molar-refractivity contribution in [3.8, 4) is 0 Å². The van der Waals surface area contributed by atoms with Gasteiger partial charge in [0.2, 0.25) is 0 Å². The van der Waals surface area contributed by atoms with E-state index in [1.165, 1.54) is 0 Å². The van der Waals surface area contributed by atoms with Gasteiger partial charge in [-0.1, -0.05) is 0 Å². The summed E-state index contributed by atoms with van der Waals surface area (Å²) in [6, 6.07) is 0. The molecule has 0 saturated carbocycles. The number of rotatable bonds is 4. The van der Waals surface area contributed by atoms with Gasteiger partial charge in [-0.25, -0.2) is 0 Å². The van der Waals surface area contributed by atoms with E-state index >= 15 is 0 Å². The fourth-order valence-corrected chi connectivity index (χ4v) is 1.69. The van der Waals surface area contributed by atoms with Gasteiger partial charge in [0.1, 0.15) is 0 Å². The Morgan fingerprint density at radius 2 is 2.33 bits per heavy atom. The third-order valence-corrected chi connectivity index (χ3v) is 2.33. The molecular formula is C10H16ClN3O. The Bertz CT molecular complexity index is 346. The zero-order valence-corrected chi connectivity index (χ0v) is 10.0.